The fourth-order valence-electron chi connectivity index (χ4n) is 2.34. The van der Waals surface area contributed by atoms with E-state index in [-0.39, 0.29) is 12.6 Å². The maximum atomic E-state index is 11.0. The minimum absolute atomic E-state index is 0.138. The van der Waals surface area contributed by atoms with E-state index in [1.54, 1.807) is 12.1 Å². The van der Waals surface area contributed by atoms with Crippen molar-refractivity contribution in [2.45, 2.75) is 25.3 Å². The summed E-state index contributed by atoms with van der Waals surface area (Å²) in [6, 6.07) is 12.6. The van der Waals surface area contributed by atoms with Crippen LogP contribution in [0, 0.1) is 4.91 Å². The summed E-state index contributed by atoms with van der Waals surface area (Å²) in [6.45, 7) is 0.138. The van der Waals surface area contributed by atoms with Gasteiger partial charge in [0.2, 0.25) is 0 Å². The van der Waals surface area contributed by atoms with Crippen molar-refractivity contribution in [1.82, 2.24) is 0 Å². The van der Waals surface area contributed by atoms with E-state index >= 15 is 0 Å². The molecule has 1 unspecified atom stereocenters. The van der Waals surface area contributed by atoms with Crippen molar-refractivity contribution in [3.8, 4) is 11.1 Å². The Kier molecular flexibility index (Phi) is 6.37. The molecular formula is C17H17Cl2NO2. The average molecular weight is 338 g/mol. The lowest BCUT2D eigenvalue weighted by Crippen LogP contribution is -1.96. The maximum Gasteiger partial charge on any atom is 0.117 e. The molecule has 2 rings (SSSR count). The molecule has 0 saturated heterocycles. The van der Waals surface area contributed by atoms with E-state index in [1.807, 2.05) is 30.3 Å². The van der Waals surface area contributed by atoms with Crippen LogP contribution >= 0.6 is 23.2 Å². The number of nitroso groups, excluding NO2 is 1. The lowest BCUT2D eigenvalue weighted by Gasteiger charge is -2.11. The van der Waals surface area contributed by atoms with Crippen LogP contribution in [-0.2, 0) is 0 Å². The van der Waals surface area contributed by atoms with Gasteiger partial charge in [0.25, 0.3) is 0 Å². The molecule has 0 bridgehead atoms. The summed E-state index contributed by atoms with van der Waals surface area (Å²) in [7, 11) is 0. The predicted octanol–water partition coefficient (Wildman–Crippen LogP) is 5.63. The first-order valence-corrected chi connectivity index (χ1v) is 7.90. The van der Waals surface area contributed by atoms with Gasteiger partial charge in [0.05, 0.1) is 0 Å². The fourth-order valence-corrected chi connectivity index (χ4v) is 2.86. The SMILES string of the molecule is O=NC(CCCCO)c1ccc(-c2ccc(Cl)cc2Cl)cc1. The Morgan fingerprint density at radius 2 is 1.77 bits per heavy atom. The molecule has 0 aliphatic heterocycles. The lowest BCUT2D eigenvalue weighted by atomic mass is 9.98. The Labute approximate surface area is 139 Å². The summed E-state index contributed by atoms with van der Waals surface area (Å²) in [4.78, 5) is 11.0. The van der Waals surface area contributed by atoms with Crippen molar-refractivity contribution in [2.75, 3.05) is 6.61 Å². The Balaban J connectivity index is 2.16. The second-order valence-electron chi connectivity index (χ2n) is 5.09. The summed E-state index contributed by atoms with van der Waals surface area (Å²) in [6.07, 6.45) is 2.10. The Morgan fingerprint density at radius 3 is 2.36 bits per heavy atom. The largest absolute Gasteiger partial charge is 0.396 e. The van der Waals surface area contributed by atoms with Gasteiger partial charge in [0, 0.05) is 22.2 Å². The van der Waals surface area contributed by atoms with Crippen LogP contribution in [0.1, 0.15) is 30.9 Å². The Bertz CT molecular complexity index is 629. The number of aliphatic hydroxyl groups is 1. The molecule has 1 N–H and O–H groups in total. The van der Waals surface area contributed by atoms with Crippen LogP contribution in [0.25, 0.3) is 11.1 Å². The number of hydrogen-bond donors (Lipinski definition) is 1. The first-order chi connectivity index (χ1) is 10.7. The summed E-state index contributed by atoms with van der Waals surface area (Å²) >= 11 is 12.1. The number of unbranched alkanes of at least 4 members (excludes halogenated alkanes) is 1. The van der Waals surface area contributed by atoms with Crippen LogP contribution in [0.15, 0.2) is 47.6 Å². The molecule has 3 nitrogen and oxygen atoms in total. The van der Waals surface area contributed by atoms with E-state index in [1.165, 1.54) is 0 Å². The summed E-state index contributed by atoms with van der Waals surface area (Å²) < 4.78 is 0. The van der Waals surface area contributed by atoms with E-state index < -0.39 is 0 Å². The van der Waals surface area contributed by atoms with Crippen molar-refractivity contribution >= 4 is 23.2 Å². The molecule has 0 radical (unpaired) electrons. The van der Waals surface area contributed by atoms with Gasteiger partial charge in [-0.1, -0.05) is 58.7 Å². The molecule has 0 heterocycles. The highest BCUT2D eigenvalue weighted by Crippen LogP contribution is 2.32. The normalized spacial score (nSPS) is 12.1. The molecule has 1 atom stereocenters. The van der Waals surface area contributed by atoms with Gasteiger partial charge in [-0.15, -0.1) is 0 Å². The lowest BCUT2D eigenvalue weighted by molar-refractivity contribution is 0.281. The highest BCUT2D eigenvalue weighted by Gasteiger charge is 2.12. The number of benzene rings is 2. The maximum absolute atomic E-state index is 11.0. The summed E-state index contributed by atoms with van der Waals surface area (Å²) in [5.41, 5.74) is 2.74. The van der Waals surface area contributed by atoms with Crippen LogP contribution < -0.4 is 0 Å². The molecule has 0 fully saturated rings. The third-order valence-corrected chi connectivity index (χ3v) is 4.10. The molecule has 0 aliphatic carbocycles. The molecule has 2 aromatic rings. The third kappa shape index (κ3) is 4.29. The van der Waals surface area contributed by atoms with E-state index in [2.05, 4.69) is 5.18 Å². The molecule has 5 heteroatoms. The average Bonchev–Trinajstić information content (AvgIpc) is 2.52. The molecule has 0 aromatic heterocycles. The summed E-state index contributed by atoms with van der Waals surface area (Å²) in [5, 5.41) is 13.2. The smallest absolute Gasteiger partial charge is 0.117 e. The summed E-state index contributed by atoms with van der Waals surface area (Å²) in [5.74, 6) is 0. The van der Waals surface area contributed by atoms with E-state index in [0.717, 1.165) is 23.1 Å². The van der Waals surface area contributed by atoms with E-state index in [4.69, 9.17) is 28.3 Å². The Hall–Kier alpha value is -1.42. The van der Waals surface area contributed by atoms with Crippen LogP contribution in [0.5, 0.6) is 0 Å². The standard InChI is InChI=1S/C17H17Cl2NO2/c18-14-8-9-15(16(19)11-14)12-4-6-13(7-5-12)17(20-22)3-1-2-10-21/h4-9,11,17,21H,1-3,10H2. The number of halogens is 2. The number of rotatable bonds is 7. The van der Waals surface area contributed by atoms with Crippen molar-refractivity contribution in [3.05, 3.63) is 63.0 Å². The van der Waals surface area contributed by atoms with Crippen molar-refractivity contribution < 1.29 is 5.11 Å². The van der Waals surface area contributed by atoms with Crippen LogP contribution in [0.4, 0.5) is 0 Å². The first kappa shape index (κ1) is 16.9. The van der Waals surface area contributed by atoms with Gasteiger partial charge in [-0.3, -0.25) is 0 Å². The number of aliphatic hydroxyl groups excluding tert-OH is 1. The zero-order valence-corrected chi connectivity index (χ0v) is 13.5. The molecule has 0 saturated carbocycles. The topological polar surface area (TPSA) is 49.7 Å². The van der Waals surface area contributed by atoms with Gasteiger partial charge in [-0.25, -0.2) is 0 Å². The minimum Gasteiger partial charge on any atom is -0.396 e. The van der Waals surface area contributed by atoms with Crippen molar-refractivity contribution in [2.24, 2.45) is 5.18 Å². The van der Waals surface area contributed by atoms with Crippen molar-refractivity contribution in [3.63, 3.8) is 0 Å². The van der Waals surface area contributed by atoms with Crippen molar-refractivity contribution in [1.29, 1.82) is 0 Å². The second-order valence-corrected chi connectivity index (χ2v) is 5.93. The highest BCUT2D eigenvalue weighted by atomic mass is 35.5. The molecule has 116 valence electrons. The predicted molar refractivity (Wildman–Crippen MR) is 91.4 cm³/mol. The molecular weight excluding hydrogens is 321 g/mol. The number of hydrogen-bond acceptors (Lipinski definition) is 3. The fraction of sp³-hybridized carbons (Fsp3) is 0.294. The van der Waals surface area contributed by atoms with Gasteiger partial charge in [0.1, 0.15) is 6.04 Å². The van der Waals surface area contributed by atoms with Gasteiger partial charge in [-0.2, -0.15) is 4.91 Å². The van der Waals surface area contributed by atoms with Crippen LogP contribution in [0.2, 0.25) is 10.0 Å². The molecule has 0 aliphatic rings. The van der Waals surface area contributed by atoms with E-state index in [0.29, 0.717) is 22.9 Å². The Morgan fingerprint density at radius 1 is 1.05 bits per heavy atom. The van der Waals surface area contributed by atoms with Gasteiger partial charge in [-0.05, 0) is 42.5 Å². The van der Waals surface area contributed by atoms with E-state index in [9.17, 15) is 4.91 Å². The zero-order chi connectivity index (χ0) is 15.9. The zero-order valence-electron chi connectivity index (χ0n) is 12.0. The third-order valence-electron chi connectivity index (χ3n) is 3.55. The quantitative estimate of drug-likeness (QED) is 0.525. The van der Waals surface area contributed by atoms with Gasteiger partial charge in [0.15, 0.2) is 0 Å². The van der Waals surface area contributed by atoms with Gasteiger partial charge >= 0.3 is 0 Å². The molecule has 0 amide bonds. The molecule has 0 spiro atoms. The monoisotopic (exact) mass is 337 g/mol. The molecule has 22 heavy (non-hydrogen) atoms. The molecule has 2 aromatic carbocycles. The van der Waals surface area contributed by atoms with Gasteiger partial charge < -0.3 is 5.11 Å². The first-order valence-electron chi connectivity index (χ1n) is 7.14. The van der Waals surface area contributed by atoms with Crippen LogP contribution in [0.3, 0.4) is 0 Å². The second kappa shape index (κ2) is 8.28. The number of nitrogens with zero attached hydrogens (tertiary/aromatic N) is 1. The van der Waals surface area contributed by atoms with Crippen LogP contribution in [-0.4, -0.2) is 11.7 Å². The highest BCUT2D eigenvalue weighted by molar-refractivity contribution is 6.36. The minimum atomic E-state index is -0.374.